The van der Waals surface area contributed by atoms with Gasteiger partial charge >= 0.3 is 0 Å². The van der Waals surface area contributed by atoms with E-state index in [1.54, 1.807) is 7.11 Å². The smallest absolute Gasteiger partial charge is 0.277 e. The summed E-state index contributed by atoms with van der Waals surface area (Å²) in [4.78, 5) is 2.21. The zero-order valence-electron chi connectivity index (χ0n) is 13.3. The van der Waals surface area contributed by atoms with Crippen LogP contribution in [0.5, 0.6) is 0 Å². The summed E-state index contributed by atoms with van der Waals surface area (Å²) >= 11 is 0. The van der Waals surface area contributed by atoms with Crippen LogP contribution in [-0.2, 0) is 21.5 Å². The van der Waals surface area contributed by atoms with Crippen molar-refractivity contribution in [3.63, 3.8) is 0 Å². The zero-order chi connectivity index (χ0) is 16.2. The third-order valence-electron chi connectivity index (χ3n) is 3.94. The second-order valence-corrected chi connectivity index (χ2v) is 7.39. The van der Waals surface area contributed by atoms with Crippen LogP contribution < -0.4 is 9.44 Å². The number of ether oxygens (including phenoxy) is 1. The molecule has 0 aromatic heterocycles. The molecule has 1 saturated heterocycles. The highest BCUT2D eigenvalue weighted by Crippen LogP contribution is 2.16. The van der Waals surface area contributed by atoms with Crippen molar-refractivity contribution in [2.75, 3.05) is 20.2 Å². The van der Waals surface area contributed by atoms with E-state index >= 15 is 0 Å². The Morgan fingerprint density at radius 3 is 2.55 bits per heavy atom. The first-order valence-corrected chi connectivity index (χ1v) is 8.97. The minimum atomic E-state index is -3.56. The molecule has 1 aromatic carbocycles. The summed E-state index contributed by atoms with van der Waals surface area (Å²) in [6, 6.07) is 9.57. The zero-order valence-corrected chi connectivity index (χ0v) is 14.1. The molecule has 0 radical (unpaired) electrons. The summed E-state index contributed by atoms with van der Waals surface area (Å²) in [5.41, 5.74) is 0.923. The van der Waals surface area contributed by atoms with Crippen LogP contribution in [0.3, 0.4) is 0 Å². The summed E-state index contributed by atoms with van der Waals surface area (Å²) < 4.78 is 35.1. The summed E-state index contributed by atoms with van der Waals surface area (Å²) in [6.07, 6.45) is -0.129. The van der Waals surface area contributed by atoms with E-state index in [1.807, 2.05) is 30.3 Å². The third-order valence-corrected chi connectivity index (χ3v) is 5.08. The molecule has 0 aliphatic carbocycles. The van der Waals surface area contributed by atoms with Crippen LogP contribution >= 0.6 is 0 Å². The summed E-state index contributed by atoms with van der Waals surface area (Å²) in [6.45, 7) is 5.85. The van der Waals surface area contributed by atoms with E-state index in [2.05, 4.69) is 28.2 Å². The number of methoxy groups -OCH3 is 1. The van der Waals surface area contributed by atoms with Gasteiger partial charge in [0.15, 0.2) is 0 Å². The van der Waals surface area contributed by atoms with Gasteiger partial charge in [-0.15, -0.1) is 0 Å². The van der Waals surface area contributed by atoms with Crippen LogP contribution in [0.4, 0.5) is 0 Å². The number of rotatable bonds is 7. The van der Waals surface area contributed by atoms with Gasteiger partial charge in [-0.25, -0.2) is 0 Å². The third kappa shape index (κ3) is 4.76. The maximum atomic E-state index is 12.2. The first kappa shape index (κ1) is 17.4. The lowest BCUT2D eigenvalue weighted by Crippen LogP contribution is -2.48. The van der Waals surface area contributed by atoms with Crippen molar-refractivity contribution >= 4 is 10.2 Å². The molecule has 1 aliphatic heterocycles. The molecule has 0 amide bonds. The molecular weight excluding hydrogens is 302 g/mol. The monoisotopic (exact) mass is 327 g/mol. The normalized spacial score (nSPS) is 23.3. The maximum Gasteiger partial charge on any atom is 0.277 e. The van der Waals surface area contributed by atoms with Crippen molar-refractivity contribution in [3.05, 3.63) is 35.9 Å². The highest BCUT2D eigenvalue weighted by atomic mass is 32.2. The Labute approximate surface area is 133 Å². The topological polar surface area (TPSA) is 70.7 Å². The lowest BCUT2D eigenvalue weighted by molar-refractivity contribution is 0.0919. The quantitative estimate of drug-likeness (QED) is 0.774. The second-order valence-electron chi connectivity index (χ2n) is 5.86. The average Bonchev–Trinajstić information content (AvgIpc) is 2.89. The molecule has 1 fully saturated rings. The van der Waals surface area contributed by atoms with Crippen molar-refractivity contribution in [2.45, 2.75) is 38.6 Å². The first-order chi connectivity index (χ1) is 10.4. The van der Waals surface area contributed by atoms with Crippen LogP contribution in [0.2, 0.25) is 0 Å². The van der Waals surface area contributed by atoms with E-state index in [9.17, 15) is 8.42 Å². The Morgan fingerprint density at radius 1 is 1.27 bits per heavy atom. The fourth-order valence-electron chi connectivity index (χ4n) is 2.59. The lowest BCUT2D eigenvalue weighted by atomic mass is 10.2. The Bertz CT molecular complexity index is 563. The van der Waals surface area contributed by atoms with Gasteiger partial charge in [0.25, 0.3) is 10.2 Å². The van der Waals surface area contributed by atoms with Crippen molar-refractivity contribution in [3.8, 4) is 0 Å². The minimum Gasteiger partial charge on any atom is -0.378 e. The van der Waals surface area contributed by atoms with Crippen LogP contribution in [0, 0.1) is 0 Å². The number of nitrogens with one attached hydrogen (secondary N) is 2. The van der Waals surface area contributed by atoms with Crippen LogP contribution in [0.1, 0.15) is 19.4 Å². The van der Waals surface area contributed by atoms with Crippen LogP contribution in [0.25, 0.3) is 0 Å². The van der Waals surface area contributed by atoms with Gasteiger partial charge in [0.2, 0.25) is 0 Å². The Morgan fingerprint density at radius 2 is 1.95 bits per heavy atom. The highest BCUT2D eigenvalue weighted by molar-refractivity contribution is 7.87. The van der Waals surface area contributed by atoms with Crippen molar-refractivity contribution in [2.24, 2.45) is 0 Å². The van der Waals surface area contributed by atoms with Gasteiger partial charge in [0, 0.05) is 32.8 Å². The molecule has 0 unspecified atom stereocenters. The molecule has 0 saturated carbocycles. The fraction of sp³-hybridized carbons (Fsp3) is 0.600. The number of likely N-dealkylation sites (tertiary alicyclic amines) is 1. The van der Waals surface area contributed by atoms with E-state index in [0.717, 1.165) is 12.1 Å². The summed E-state index contributed by atoms with van der Waals surface area (Å²) in [5.74, 6) is 0. The van der Waals surface area contributed by atoms with Gasteiger partial charge in [-0.05, 0) is 19.4 Å². The average molecular weight is 327 g/mol. The second kappa shape index (κ2) is 7.52. The number of nitrogens with zero attached hydrogens (tertiary/aromatic N) is 1. The number of hydrogen-bond donors (Lipinski definition) is 2. The lowest BCUT2D eigenvalue weighted by Gasteiger charge is -2.20. The van der Waals surface area contributed by atoms with Gasteiger partial charge in [-0.2, -0.15) is 17.9 Å². The molecule has 22 heavy (non-hydrogen) atoms. The Kier molecular flexibility index (Phi) is 5.94. The molecule has 2 rings (SSSR count). The Hall–Kier alpha value is -0.990. The van der Waals surface area contributed by atoms with Crippen molar-refractivity contribution in [1.29, 1.82) is 0 Å². The molecular formula is C15H25N3O3S. The molecule has 7 heteroatoms. The molecule has 2 N–H and O–H groups in total. The van der Waals surface area contributed by atoms with Crippen LogP contribution in [0.15, 0.2) is 30.3 Å². The van der Waals surface area contributed by atoms with E-state index in [1.165, 1.54) is 0 Å². The molecule has 1 heterocycles. The minimum absolute atomic E-state index is 0.129. The van der Waals surface area contributed by atoms with Gasteiger partial charge in [-0.1, -0.05) is 30.3 Å². The predicted octanol–water partition coefficient (Wildman–Crippen LogP) is 0.718. The molecule has 0 spiro atoms. The summed E-state index contributed by atoms with van der Waals surface area (Å²) in [5, 5.41) is 0. The van der Waals surface area contributed by atoms with Gasteiger partial charge in [0.1, 0.15) is 0 Å². The predicted molar refractivity (Wildman–Crippen MR) is 86.6 cm³/mol. The molecule has 1 aliphatic rings. The van der Waals surface area contributed by atoms with Gasteiger partial charge in [0.05, 0.1) is 12.1 Å². The van der Waals surface area contributed by atoms with Gasteiger partial charge < -0.3 is 4.74 Å². The van der Waals surface area contributed by atoms with Gasteiger partial charge in [-0.3, -0.25) is 4.90 Å². The first-order valence-electron chi connectivity index (χ1n) is 7.49. The van der Waals surface area contributed by atoms with Crippen molar-refractivity contribution in [1.82, 2.24) is 14.3 Å². The van der Waals surface area contributed by atoms with E-state index in [-0.39, 0.29) is 18.7 Å². The van der Waals surface area contributed by atoms with Crippen molar-refractivity contribution < 1.29 is 13.2 Å². The number of hydrogen-bond acceptors (Lipinski definition) is 4. The molecule has 1 aromatic rings. The molecule has 0 bridgehead atoms. The molecule has 6 nitrogen and oxygen atoms in total. The standard InChI is InChI=1S/C15H25N3O3S/c1-12(2)18-10-14(15(11-18)21-3)17-22(19,20)16-9-13-7-5-4-6-8-13/h4-8,12,14-17H,9-11H2,1-3H3/t14-,15-/m1/s1. The fourth-order valence-corrected chi connectivity index (χ4v) is 3.66. The highest BCUT2D eigenvalue weighted by Gasteiger charge is 2.36. The Balaban J connectivity index is 1.93. The SMILES string of the molecule is CO[C@@H]1CN(C(C)C)C[C@H]1NS(=O)(=O)NCc1ccccc1. The number of benzene rings is 1. The molecule has 124 valence electrons. The molecule has 2 atom stereocenters. The summed E-state index contributed by atoms with van der Waals surface area (Å²) in [7, 11) is -1.94. The maximum absolute atomic E-state index is 12.2. The van der Waals surface area contributed by atoms with E-state index in [0.29, 0.717) is 12.6 Å². The van der Waals surface area contributed by atoms with E-state index < -0.39 is 10.2 Å². The van der Waals surface area contributed by atoms with Crippen LogP contribution in [-0.4, -0.2) is 51.7 Å². The largest absolute Gasteiger partial charge is 0.378 e. The van der Waals surface area contributed by atoms with E-state index in [4.69, 9.17) is 4.74 Å².